The molecule has 84 valence electrons. The monoisotopic (exact) mass is 230 g/mol. The summed E-state index contributed by atoms with van der Waals surface area (Å²) >= 11 is 0. The van der Waals surface area contributed by atoms with Gasteiger partial charge in [-0.05, 0) is 48.5 Å². The number of hydrogen-bond acceptors (Lipinski definition) is 2. The predicted molar refractivity (Wildman–Crippen MR) is 72.9 cm³/mol. The van der Waals surface area contributed by atoms with Crippen molar-refractivity contribution in [3.05, 3.63) is 59.7 Å². The number of rotatable bonds is 2. The van der Waals surface area contributed by atoms with Crippen molar-refractivity contribution in [2.45, 2.75) is 0 Å². The Morgan fingerprint density at radius 1 is 0.611 bits per heavy atom. The lowest BCUT2D eigenvalue weighted by Crippen LogP contribution is -1.71. The maximum atomic E-state index is 5.27. The van der Waals surface area contributed by atoms with E-state index in [1.807, 2.05) is 48.5 Å². The molecule has 0 atom stereocenters. The van der Waals surface area contributed by atoms with E-state index in [9.17, 15) is 0 Å². The van der Waals surface area contributed by atoms with Gasteiger partial charge in [0.25, 0.3) is 0 Å². The summed E-state index contributed by atoms with van der Waals surface area (Å²) in [5.41, 5.74) is 3.17. The molecule has 0 saturated carbocycles. The van der Waals surface area contributed by atoms with Crippen molar-refractivity contribution in [2.24, 2.45) is 10.2 Å². The Balaban J connectivity index is 2.14. The van der Waals surface area contributed by atoms with Crippen molar-refractivity contribution in [3.63, 3.8) is 0 Å². The van der Waals surface area contributed by atoms with E-state index >= 15 is 0 Å². The zero-order valence-electron chi connectivity index (χ0n) is 9.67. The van der Waals surface area contributed by atoms with E-state index in [2.05, 4.69) is 22.1 Å². The van der Waals surface area contributed by atoms with Gasteiger partial charge in [-0.25, -0.2) is 0 Å². The second-order valence-electron chi connectivity index (χ2n) is 3.58. The van der Waals surface area contributed by atoms with Crippen LogP contribution in [0.15, 0.2) is 58.8 Å². The molecule has 0 heterocycles. The molecular formula is C16H10N2. The van der Waals surface area contributed by atoms with E-state index in [1.165, 1.54) is 0 Å². The summed E-state index contributed by atoms with van der Waals surface area (Å²) in [6.45, 7) is 0. The molecule has 0 fully saturated rings. The van der Waals surface area contributed by atoms with Crippen LogP contribution in [-0.2, 0) is 0 Å². The van der Waals surface area contributed by atoms with Crippen LogP contribution in [0.4, 0.5) is 11.4 Å². The normalized spacial score (nSPS) is 9.89. The molecule has 0 aliphatic carbocycles. The van der Waals surface area contributed by atoms with Crippen LogP contribution in [0.2, 0.25) is 0 Å². The molecular weight excluding hydrogens is 220 g/mol. The standard InChI is InChI=1S/C16H10N2/c1-3-13-5-9-15(10-6-13)17-18-16-11-7-14(4-2)8-12-16/h1-2,5-12H/b18-17+. The highest BCUT2D eigenvalue weighted by atomic mass is 15.1. The largest absolute Gasteiger partial charge is 0.151 e. The Hall–Kier alpha value is -2.84. The van der Waals surface area contributed by atoms with E-state index in [4.69, 9.17) is 12.8 Å². The quantitative estimate of drug-likeness (QED) is 0.549. The molecule has 2 rings (SSSR count). The summed E-state index contributed by atoms with van der Waals surface area (Å²) in [4.78, 5) is 0. The first kappa shape index (κ1) is 11.6. The van der Waals surface area contributed by atoms with Gasteiger partial charge >= 0.3 is 0 Å². The van der Waals surface area contributed by atoms with E-state index in [0.29, 0.717) is 0 Å². The maximum Gasteiger partial charge on any atom is 0.0857 e. The lowest BCUT2D eigenvalue weighted by molar-refractivity contribution is 1.23. The highest BCUT2D eigenvalue weighted by Gasteiger charge is 1.92. The third-order valence-corrected chi connectivity index (χ3v) is 2.35. The van der Waals surface area contributed by atoms with Crippen molar-refractivity contribution in [1.82, 2.24) is 0 Å². The number of terminal acetylenes is 2. The Labute approximate surface area is 106 Å². The van der Waals surface area contributed by atoms with Gasteiger partial charge < -0.3 is 0 Å². The number of benzene rings is 2. The summed E-state index contributed by atoms with van der Waals surface area (Å²) in [6, 6.07) is 14.6. The highest BCUT2D eigenvalue weighted by Crippen LogP contribution is 2.18. The topological polar surface area (TPSA) is 24.7 Å². The number of nitrogens with zero attached hydrogens (tertiary/aromatic N) is 2. The fourth-order valence-corrected chi connectivity index (χ4v) is 1.36. The Bertz CT molecular complexity index is 576. The molecule has 0 aromatic heterocycles. The second-order valence-corrected chi connectivity index (χ2v) is 3.58. The van der Waals surface area contributed by atoms with Crippen LogP contribution in [0.1, 0.15) is 11.1 Å². The minimum atomic E-state index is 0.759. The zero-order valence-corrected chi connectivity index (χ0v) is 9.67. The smallest absolute Gasteiger partial charge is 0.0857 e. The molecule has 2 aromatic carbocycles. The Morgan fingerprint density at radius 2 is 0.944 bits per heavy atom. The summed E-state index contributed by atoms with van der Waals surface area (Å²) in [6.07, 6.45) is 10.5. The molecule has 0 bridgehead atoms. The van der Waals surface area contributed by atoms with Crippen molar-refractivity contribution < 1.29 is 0 Å². The molecule has 18 heavy (non-hydrogen) atoms. The molecule has 0 spiro atoms. The Kier molecular flexibility index (Phi) is 3.54. The third kappa shape index (κ3) is 2.84. The summed E-state index contributed by atoms with van der Waals surface area (Å²) < 4.78 is 0. The van der Waals surface area contributed by atoms with Gasteiger partial charge in [0.1, 0.15) is 0 Å². The van der Waals surface area contributed by atoms with Gasteiger partial charge in [0.15, 0.2) is 0 Å². The first-order chi connectivity index (χ1) is 8.81. The van der Waals surface area contributed by atoms with E-state index in [-0.39, 0.29) is 0 Å². The SMILES string of the molecule is C#Cc1ccc(/N=N/c2ccc(C#C)cc2)cc1. The minimum Gasteiger partial charge on any atom is -0.151 e. The van der Waals surface area contributed by atoms with E-state index in [0.717, 1.165) is 22.5 Å². The molecule has 0 saturated heterocycles. The van der Waals surface area contributed by atoms with E-state index in [1.54, 1.807) is 0 Å². The second kappa shape index (κ2) is 5.48. The molecule has 0 amide bonds. The lowest BCUT2D eigenvalue weighted by atomic mass is 10.2. The average molecular weight is 230 g/mol. The van der Waals surface area contributed by atoms with Crippen molar-refractivity contribution in [3.8, 4) is 24.7 Å². The van der Waals surface area contributed by atoms with Crippen molar-refractivity contribution in [1.29, 1.82) is 0 Å². The fourth-order valence-electron chi connectivity index (χ4n) is 1.36. The van der Waals surface area contributed by atoms with Gasteiger partial charge in [0.2, 0.25) is 0 Å². The lowest BCUT2D eigenvalue weighted by Gasteiger charge is -1.94. The summed E-state index contributed by atoms with van der Waals surface area (Å²) in [7, 11) is 0. The minimum absolute atomic E-state index is 0.759. The number of azo groups is 1. The van der Waals surface area contributed by atoms with Crippen LogP contribution in [0, 0.1) is 24.7 Å². The maximum absolute atomic E-state index is 5.27. The van der Waals surface area contributed by atoms with Gasteiger partial charge in [0.05, 0.1) is 11.4 Å². The van der Waals surface area contributed by atoms with Gasteiger partial charge in [-0.2, -0.15) is 10.2 Å². The zero-order chi connectivity index (χ0) is 12.8. The Morgan fingerprint density at radius 3 is 1.22 bits per heavy atom. The molecule has 0 aliphatic heterocycles. The van der Waals surface area contributed by atoms with Gasteiger partial charge in [0, 0.05) is 11.1 Å². The number of hydrogen-bond donors (Lipinski definition) is 0. The fraction of sp³-hybridized carbons (Fsp3) is 0. The molecule has 2 nitrogen and oxygen atoms in total. The van der Waals surface area contributed by atoms with Crippen LogP contribution in [0.3, 0.4) is 0 Å². The highest BCUT2D eigenvalue weighted by molar-refractivity contribution is 5.46. The van der Waals surface area contributed by atoms with Crippen LogP contribution < -0.4 is 0 Å². The summed E-state index contributed by atoms with van der Waals surface area (Å²) in [5, 5.41) is 8.22. The molecule has 0 aliphatic rings. The van der Waals surface area contributed by atoms with Gasteiger partial charge in [-0.15, -0.1) is 12.8 Å². The van der Waals surface area contributed by atoms with Gasteiger partial charge in [-0.1, -0.05) is 11.8 Å². The molecule has 0 unspecified atom stereocenters. The first-order valence-electron chi connectivity index (χ1n) is 5.37. The van der Waals surface area contributed by atoms with Crippen molar-refractivity contribution >= 4 is 11.4 Å². The van der Waals surface area contributed by atoms with Gasteiger partial charge in [-0.3, -0.25) is 0 Å². The third-order valence-electron chi connectivity index (χ3n) is 2.35. The van der Waals surface area contributed by atoms with Crippen LogP contribution >= 0.6 is 0 Å². The molecule has 2 aromatic rings. The summed E-state index contributed by atoms with van der Waals surface area (Å²) in [5.74, 6) is 5.10. The molecule has 0 N–H and O–H groups in total. The van der Waals surface area contributed by atoms with Crippen LogP contribution in [0.25, 0.3) is 0 Å². The van der Waals surface area contributed by atoms with Crippen molar-refractivity contribution in [2.75, 3.05) is 0 Å². The van der Waals surface area contributed by atoms with E-state index < -0.39 is 0 Å². The molecule has 2 heteroatoms. The van der Waals surface area contributed by atoms with Crippen LogP contribution in [-0.4, -0.2) is 0 Å². The average Bonchev–Trinajstić information content (AvgIpc) is 2.46. The predicted octanol–water partition coefficient (Wildman–Crippen LogP) is 4.06. The molecule has 0 radical (unpaired) electrons. The first-order valence-corrected chi connectivity index (χ1v) is 5.37. The van der Waals surface area contributed by atoms with Crippen LogP contribution in [0.5, 0.6) is 0 Å².